The fraction of sp³-hybridized carbons (Fsp3) is 0.615. The van der Waals surface area contributed by atoms with Crippen LogP contribution >= 0.6 is 0 Å². The number of carbonyl (C=O) groups is 4. The molecule has 4 amide bonds. The average Bonchev–Trinajstić information content (AvgIpc) is 4.02. The van der Waals surface area contributed by atoms with Crippen LogP contribution in [0.25, 0.3) is 10.8 Å². The van der Waals surface area contributed by atoms with Crippen molar-refractivity contribution in [3.63, 3.8) is 0 Å². The molecule has 3 heterocycles. The lowest BCUT2D eigenvalue weighted by Gasteiger charge is -2.33. The van der Waals surface area contributed by atoms with Crippen molar-refractivity contribution < 1.29 is 55.0 Å². The van der Waals surface area contributed by atoms with Crippen LogP contribution in [0.15, 0.2) is 42.6 Å². The summed E-state index contributed by atoms with van der Waals surface area (Å²) in [5, 5.41) is 4.11. The van der Waals surface area contributed by atoms with Crippen molar-refractivity contribution in [3.05, 3.63) is 42.6 Å². The minimum Gasteiger partial charge on any atom is -0.496 e. The number of hydrogen-bond donors (Lipinski definition) is 4. The summed E-state index contributed by atoms with van der Waals surface area (Å²) in [5.41, 5.74) is 0.240. The van der Waals surface area contributed by atoms with Crippen LogP contribution in [0, 0.1) is 17.8 Å². The van der Waals surface area contributed by atoms with E-state index < -0.39 is 85.9 Å². The van der Waals surface area contributed by atoms with Crippen molar-refractivity contribution in [1.29, 1.82) is 0 Å². The Bertz CT molecular complexity index is 2080. The first-order valence-corrected chi connectivity index (χ1v) is 20.9. The fourth-order valence-electron chi connectivity index (χ4n) is 7.63. The van der Waals surface area contributed by atoms with Crippen molar-refractivity contribution in [2.75, 3.05) is 13.7 Å². The Kier molecular flexibility index (Phi) is 11.7. The van der Waals surface area contributed by atoms with Gasteiger partial charge < -0.3 is 24.4 Å². The Morgan fingerprint density at radius 1 is 1.07 bits per heavy atom. The van der Waals surface area contributed by atoms with E-state index in [0.29, 0.717) is 62.5 Å². The average molecular weight is 837 g/mol. The third-order valence-electron chi connectivity index (χ3n) is 11.8. The molecule has 6 rings (SSSR count). The van der Waals surface area contributed by atoms with Crippen LogP contribution < -0.4 is 30.4 Å². The first-order chi connectivity index (χ1) is 27.1. The van der Waals surface area contributed by atoms with Crippen LogP contribution in [0.4, 0.5) is 18.0 Å². The van der Waals surface area contributed by atoms with Gasteiger partial charge in [0.2, 0.25) is 33.3 Å². The van der Waals surface area contributed by atoms with Crippen molar-refractivity contribution in [2.45, 2.75) is 120 Å². The summed E-state index contributed by atoms with van der Waals surface area (Å²) in [6, 6.07) is 4.51. The van der Waals surface area contributed by atoms with Crippen molar-refractivity contribution >= 4 is 44.6 Å². The lowest BCUT2D eigenvalue weighted by Crippen LogP contribution is -2.61. The molecule has 3 fully saturated rings. The zero-order valence-corrected chi connectivity index (χ0v) is 34.1. The Morgan fingerprint density at radius 2 is 1.79 bits per heavy atom. The van der Waals surface area contributed by atoms with Gasteiger partial charge in [-0.3, -0.25) is 24.5 Å². The Labute approximate surface area is 335 Å². The van der Waals surface area contributed by atoms with Crippen LogP contribution in [0.1, 0.15) is 79.6 Å². The second-order valence-electron chi connectivity index (χ2n) is 16.8. The summed E-state index contributed by atoms with van der Waals surface area (Å²) >= 11 is 0. The van der Waals surface area contributed by atoms with Crippen LogP contribution in [-0.2, 0) is 29.1 Å². The van der Waals surface area contributed by atoms with Gasteiger partial charge in [-0.2, -0.15) is 13.2 Å². The summed E-state index contributed by atoms with van der Waals surface area (Å²) in [6.45, 7) is 6.47. The van der Waals surface area contributed by atoms with Crippen molar-refractivity contribution in [2.24, 2.45) is 17.8 Å². The molecule has 58 heavy (non-hydrogen) atoms. The number of ether oxygens (including phenoxy) is 3. The quantitative estimate of drug-likeness (QED) is 0.207. The van der Waals surface area contributed by atoms with E-state index in [1.807, 2.05) is 13.0 Å². The number of alkyl halides is 3. The third kappa shape index (κ3) is 8.70. The summed E-state index contributed by atoms with van der Waals surface area (Å²) < 4.78 is 84.6. The number of aromatic nitrogens is 1. The number of benzene rings is 1. The van der Waals surface area contributed by atoms with Gasteiger partial charge in [0.15, 0.2) is 0 Å². The van der Waals surface area contributed by atoms with Gasteiger partial charge in [-0.25, -0.2) is 23.6 Å². The minimum atomic E-state index is -4.88. The molecule has 4 N–H and O–H groups in total. The van der Waals surface area contributed by atoms with Crippen LogP contribution in [0.5, 0.6) is 11.6 Å². The van der Waals surface area contributed by atoms with E-state index in [9.17, 15) is 40.8 Å². The highest BCUT2D eigenvalue weighted by atomic mass is 32.2. The number of amides is 4. The van der Waals surface area contributed by atoms with Gasteiger partial charge >= 0.3 is 12.3 Å². The highest BCUT2D eigenvalue weighted by Gasteiger charge is 2.63. The number of sulfonamides is 1. The molecule has 19 heteroatoms. The fourth-order valence-corrected chi connectivity index (χ4v) is 8.94. The molecule has 1 saturated heterocycles. The molecule has 2 aliphatic carbocycles. The second-order valence-corrected chi connectivity index (χ2v) is 19.0. The number of pyridine rings is 1. The summed E-state index contributed by atoms with van der Waals surface area (Å²) in [6.07, 6.45) is 0.454. The van der Waals surface area contributed by atoms with Crippen LogP contribution in [-0.4, -0.2) is 96.0 Å². The van der Waals surface area contributed by atoms with Crippen LogP contribution in [0.2, 0.25) is 0 Å². The Balaban J connectivity index is 1.33. The molecule has 2 aliphatic heterocycles. The molecule has 0 radical (unpaired) electrons. The molecule has 1 aromatic heterocycles. The molecule has 1 aromatic carbocycles. The molecular weight excluding hydrogens is 786 g/mol. The van der Waals surface area contributed by atoms with Gasteiger partial charge in [0.05, 0.1) is 18.4 Å². The molecule has 2 aromatic rings. The number of nitrogens with one attached hydrogen (secondary N) is 4. The second kappa shape index (κ2) is 15.8. The van der Waals surface area contributed by atoms with E-state index in [1.165, 1.54) is 18.2 Å². The standard InChI is InChI=1S/C39H51F3N6O9S/c1-22-10-7-8-11-24-20-38(24,34(51)47-58(53,54)37(5)15-16-37)44-31(49)28-19-25(56-32-27-12-9-13-29(55-6)26(27)14-17-43-32)21-48(28)33(50)30(23(2)18-22)45-46-35(52)57-36(3,4)39(40,41)42/h8-9,11-14,17,22-25,28,30,45H,7,10,15-16,18-21H2,1-6H3,(H,44,49)(H,46,52)(H,47,51)/b11-8-/t22-,23-,24-,25-,28+,30+,38-/m1/s1. The molecule has 7 atom stereocenters. The molecular formula is C39H51F3N6O9S. The predicted octanol–water partition coefficient (Wildman–Crippen LogP) is 4.42. The first-order valence-electron chi connectivity index (χ1n) is 19.4. The predicted molar refractivity (Wildman–Crippen MR) is 205 cm³/mol. The van der Waals surface area contributed by atoms with Gasteiger partial charge in [-0.05, 0) is 89.3 Å². The largest absolute Gasteiger partial charge is 0.496 e. The van der Waals surface area contributed by atoms with Gasteiger partial charge in [-0.1, -0.05) is 32.1 Å². The number of allylic oxidation sites excluding steroid dienone is 1. The minimum absolute atomic E-state index is 0.00863. The molecule has 0 bridgehead atoms. The van der Waals surface area contributed by atoms with Crippen molar-refractivity contribution in [3.8, 4) is 11.6 Å². The number of hydrogen-bond acceptors (Lipinski definition) is 11. The van der Waals surface area contributed by atoms with E-state index >= 15 is 0 Å². The maximum Gasteiger partial charge on any atom is 0.427 e. The number of fused-ring (bicyclic) bond motifs is 3. The molecule has 2 saturated carbocycles. The highest BCUT2D eigenvalue weighted by molar-refractivity contribution is 7.91. The van der Waals surface area contributed by atoms with Gasteiger partial charge in [0.1, 0.15) is 29.5 Å². The van der Waals surface area contributed by atoms with Crippen molar-refractivity contribution in [1.82, 2.24) is 30.8 Å². The topological polar surface area (TPSA) is 194 Å². The Hall–Kier alpha value is -4.65. The number of rotatable bonds is 9. The smallest absolute Gasteiger partial charge is 0.427 e. The van der Waals surface area contributed by atoms with Gasteiger partial charge in [-0.15, -0.1) is 0 Å². The van der Waals surface area contributed by atoms with E-state index in [0.717, 1.165) is 0 Å². The third-order valence-corrected chi connectivity index (χ3v) is 14.0. The SMILES string of the molecule is COc1cccc2c(O[C@@H]3C[C@H]4C(=O)N[C@]5(C(=O)NS(=O)(=O)C6(C)CC6)C[C@H]5/C=C\CC[C@@H](C)C[C@@H](C)[C@H](NNC(=O)OC(C)(C)C(F)(F)F)C(=O)N4C3)nccc12. The number of carbonyl (C=O) groups excluding carboxylic acids is 4. The molecule has 4 aliphatic rings. The monoisotopic (exact) mass is 836 g/mol. The van der Waals surface area contributed by atoms with Crippen LogP contribution in [0.3, 0.4) is 0 Å². The maximum absolute atomic E-state index is 14.7. The lowest BCUT2D eigenvalue weighted by atomic mass is 9.88. The summed E-state index contributed by atoms with van der Waals surface area (Å²) in [7, 11) is -2.54. The molecule has 318 valence electrons. The van der Waals surface area contributed by atoms with E-state index in [1.54, 1.807) is 44.2 Å². The normalized spacial score (nSPS) is 29.4. The molecule has 0 unspecified atom stereocenters. The summed E-state index contributed by atoms with van der Waals surface area (Å²) in [5.74, 6) is -2.61. The summed E-state index contributed by atoms with van der Waals surface area (Å²) in [4.78, 5) is 61.5. The van der Waals surface area contributed by atoms with Gasteiger partial charge in [0.25, 0.3) is 5.91 Å². The van der Waals surface area contributed by atoms with Gasteiger partial charge in [0, 0.05) is 29.3 Å². The number of halogens is 3. The highest BCUT2D eigenvalue weighted by Crippen LogP contribution is 2.48. The van der Waals surface area contributed by atoms with E-state index in [2.05, 4.69) is 30.6 Å². The Morgan fingerprint density at radius 3 is 2.47 bits per heavy atom. The zero-order chi connectivity index (χ0) is 42.4. The number of nitrogens with zero attached hydrogens (tertiary/aromatic N) is 2. The first kappa shape index (κ1) is 42.9. The molecule has 0 spiro atoms. The number of hydrazine groups is 1. The lowest BCUT2D eigenvalue weighted by molar-refractivity contribution is -0.244. The molecule has 15 nitrogen and oxygen atoms in total. The van der Waals surface area contributed by atoms with E-state index in [4.69, 9.17) is 9.47 Å². The number of methoxy groups -OCH3 is 1. The maximum atomic E-state index is 14.7. The zero-order valence-electron chi connectivity index (χ0n) is 33.3. The van der Waals surface area contributed by atoms with E-state index in [-0.39, 0.29) is 31.2 Å².